The molecule has 2 heteroatoms. The topological polar surface area (TPSA) is 37.3 Å². The Bertz CT molecular complexity index is 528. The van der Waals surface area contributed by atoms with E-state index in [2.05, 4.69) is 20.8 Å². The standard InChI is InChI=1S/C23H38O2/c1-15(14-21(24)25)18-9-10-19-17-8-7-16-6-4-5-12-22(16,2)20(17)11-13-23(18,19)3/h15-20H,4-14H2,1-3H3,(H,24,25)/t15-,16+,17?,18-,19?,20?,22+,23-/m1/s1. The van der Waals surface area contributed by atoms with Crippen molar-refractivity contribution in [1.82, 2.24) is 0 Å². The molecule has 0 bridgehead atoms. The molecule has 4 saturated carbocycles. The summed E-state index contributed by atoms with van der Waals surface area (Å²) in [6.45, 7) is 7.40. The summed E-state index contributed by atoms with van der Waals surface area (Å²) in [6, 6.07) is 0. The van der Waals surface area contributed by atoms with Crippen LogP contribution in [-0.2, 0) is 4.79 Å². The van der Waals surface area contributed by atoms with Crippen molar-refractivity contribution in [3.05, 3.63) is 0 Å². The molecule has 0 aromatic carbocycles. The molecule has 4 aliphatic rings. The van der Waals surface area contributed by atoms with E-state index < -0.39 is 5.97 Å². The second kappa shape index (κ2) is 6.27. The van der Waals surface area contributed by atoms with E-state index in [0.717, 1.165) is 23.7 Å². The van der Waals surface area contributed by atoms with E-state index in [1.807, 2.05) is 0 Å². The summed E-state index contributed by atoms with van der Waals surface area (Å²) in [6.07, 6.45) is 14.6. The molecular weight excluding hydrogens is 308 g/mol. The van der Waals surface area contributed by atoms with Crippen LogP contribution in [0.25, 0.3) is 0 Å². The van der Waals surface area contributed by atoms with Crippen molar-refractivity contribution < 1.29 is 9.90 Å². The molecule has 4 fully saturated rings. The third kappa shape index (κ3) is 2.69. The number of fused-ring (bicyclic) bond motifs is 5. The van der Waals surface area contributed by atoms with E-state index in [-0.39, 0.29) is 0 Å². The first-order valence-corrected chi connectivity index (χ1v) is 11.1. The van der Waals surface area contributed by atoms with E-state index in [4.69, 9.17) is 0 Å². The van der Waals surface area contributed by atoms with Gasteiger partial charge in [0.15, 0.2) is 0 Å². The summed E-state index contributed by atoms with van der Waals surface area (Å²) < 4.78 is 0. The number of rotatable bonds is 3. The summed E-state index contributed by atoms with van der Waals surface area (Å²) in [5.41, 5.74) is 1.03. The van der Waals surface area contributed by atoms with Crippen molar-refractivity contribution >= 4 is 5.97 Å². The fraction of sp³-hybridized carbons (Fsp3) is 0.957. The Kier molecular flexibility index (Phi) is 4.48. The third-order valence-electron chi connectivity index (χ3n) is 9.84. The van der Waals surface area contributed by atoms with E-state index in [1.165, 1.54) is 64.2 Å². The summed E-state index contributed by atoms with van der Waals surface area (Å²) >= 11 is 0. The predicted octanol–water partition coefficient (Wildman–Crippen LogP) is 6.15. The summed E-state index contributed by atoms with van der Waals surface area (Å²) in [5, 5.41) is 9.27. The number of carboxylic acid groups (broad SMARTS) is 1. The molecule has 2 nitrogen and oxygen atoms in total. The Morgan fingerprint density at radius 2 is 1.72 bits per heavy atom. The number of carboxylic acids is 1. The predicted molar refractivity (Wildman–Crippen MR) is 101 cm³/mol. The molecule has 0 amide bonds. The first kappa shape index (κ1) is 17.9. The highest BCUT2D eigenvalue weighted by Crippen LogP contribution is 2.68. The van der Waals surface area contributed by atoms with Crippen LogP contribution in [0.5, 0.6) is 0 Å². The highest BCUT2D eigenvalue weighted by Gasteiger charge is 2.60. The van der Waals surface area contributed by atoms with Crippen LogP contribution in [0.4, 0.5) is 0 Å². The first-order valence-electron chi connectivity index (χ1n) is 11.1. The monoisotopic (exact) mass is 346 g/mol. The van der Waals surface area contributed by atoms with Gasteiger partial charge in [0.25, 0.3) is 0 Å². The average molecular weight is 347 g/mol. The van der Waals surface area contributed by atoms with Gasteiger partial charge in [0, 0.05) is 6.42 Å². The van der Waals surface area contributed by atoms with Gasteiger partial charge in [0.1, 0.15) is 0 Å². The largest absolute Gasteiger partial charge is 0.481 e. The number of hydrogen-bond acceptors (Lipinski definition) is 1. The maximum Gasteiger partial charge on any atom is 0.303 e. The lowest BCUT2D eigenvalue weighted by molar-refractivity contribution is -0.139. The van der Waals surface area contributed by atoms with Crippen molar-refractivity contribution in [2.24, 2.45) is 46.3 Å². The number of carbonyl (C=O) groups is 1. The lowest BCUT2D eigenvalue weighted by atomic mass is 9.44. The van der Waals surface area contributed by atoms with E-state index in [9.17, 15) is 9.90 Å². The minimum absolute atomic E-state index is 0.339. The van der Waals surface area contributed by atoms with Gasteiger partial charge in [-0.05, 0) is 97.7 Å². The molecule has 0 aromatic heterocycles. The normalized spacial score (nSPS) is 50.4. The maximum atomic E-state index is 11.3. The molecule has 3 unspecified atom stereocenters. The quantitative estimate of drug-likeness (QED) is 0.666. The minimum atomic E-state index is -0.608. The molecule has 8 atom stereocenters. The van der Waals surface area contributed by atoms with Gasteiger partial charge < -0.3 is 5.11 Å². The van der Waals surface area contributed by atoms with Crippen LogP contribution < -0.4 is 0 Å². The highest BCUT2D eigenvalue weighted by molar-refractivity contribution is 5.67. The second-order valence-electron chi connectivity index (χ2n) is 10.7. The van der Waals surface area contributed by atoms with Crippen LogP contribution in [0.2, 0.25) is 0 Å². The van der Waals surface area contributed by atoms with Crippen LogP contribution in [-0.4, -0.2) is 11.1 Å². The summed E-state index contributed by atoms with van der Waals surface area (Å²) in [7, 11) is 0. The molecule has 0 heterocycles. The molecule has 0 spiro atoms. The minimum Gasteiger partial charge on any atom is -0.481 e. The Balaban J connectivity index is 1.56. The molecular formula is C23H38O2. The zero-order valence-corrected chi connectivity index (χ0v) is 16.6. The fourth-order valence-electron chi connectivity index (χ4n) is 8.69. The lowest BCUT2D eigenvalue weighted by Gasteiger charge is -2.60. The molecule has 142 valence electrons. The zero-order chi connectivity index (χ0) is 17.8. The second-order valence-corrected chi connectivity index (χ2v) is 10.7. The van der Waals surface area contributed by atoms with Gasteiger partial charge in [-0.3, -0.25) is 4.79 Å². The Labute approximate surface area is 154 Å². The average Bonchev–Trinajstić information content (AvgIpc) is 2.91. The van der Waals surface area contributed by atoms with Crippen molar-refractivity contribution in [2.75, 3.05) is 0 Å². The van der Waals surface area contributed by atoms with E-state index in [0.29, 0.717) is 29.1 Å². The number of hydrogen-bond donors (Lipinski definition) is 1. The molecule has 25 heavy (non-hydrogen) atoms. The van der Waals surface area contributed by atoms with E-state index >= 15 is 0 Å². The van der Waals surface area contributed by atoms with Crippen LogP contribution in [0, 0.1) is 46.3 Å². The van der Waals surface area contributed by atoms with Crippen LogP contribution in [0.3, 0.4) is 0 Å². The summed E-state index contributed by atoms with van der Waals surface area (Å²) in [5.74, 6) is 4.11. The van der Waals surface area contributed by atoms with Gasteiger partial charge in [-0.1, -0.05) is 33.6 Å². The highest BCUT2D eigenvalue weighted by atomic mass is 16.4. The van der Waals surface area contributed by atoms with Gasteiger partial charge in [-0.2, -0.15) is 0 Å². The summed E-state index contributed by atoms with van der Waals surface area (Å²) in [4.78, 5) is 11.3. The number of aliphatic carboxylic acids is 1. The van der Waals surface area contributed by atoms with E-state index in [1.54, 1.807) is 0 Å². The third-order valence-corrected chi connectivity index (χ3v) is 9.84. The van der Waals surface area contributed by atoms with Crippen molar-refractivity contribution in [3.63, 3.8) is 0 Å². The lowest BCUT2D eigenvalue weighted by Crippen LogP contribution is -2.53. The first-order chi connectivity index (χ1) is 11.9. The van der Waals surface area contributed by atoms with Gasteiger partial charge in [-0.25, -0.2) is 0 Å². The van der Waals surface area contributed by atoms with Crippen molar-refractivity contribution in [2.45, 2.75) is 91.4 Å². The fourth-order valence-corrected chi connectivity index (χ4v) is 8.69. The molecule has 0 saturated heterocycles. The Hall–Kier alpha value is -0.530. The zero-order valence-electron chi connectivity index (χ0n) is 16.6. The Morgan fingerprint density at radius 3 is 2.48 bits per heavy atom. The van der Waals surface area contributed by atoms with Gasteiger partial charge >= 0.3 is 5.97 Å². The van der Waals surface area contributed by atoms with Crippen molar-refractivity contribution in [3.8, 4) is 0 Å². The Morgan fingerprint density at radius 1 is 0.960 bits per heavy atom. The SMILES string of the molecule is C[C@H](CC(=O)O)[C@H]1CCC2C3CC[C@@H]4CCCC[C@]4(C)C3CC[C@@]21C. The maximum absolute atomic E-state index is 11.3. The van der Waals surface area contributed by atoms with Crippen molar-refractivity contribution in [1.29, 1.82) is 0 Å². The van der Waals surface area contributed by atoms with Gasteiger partial charge in [0.2, 0.25) is 0 Å². The molecule has 4 aliphatic carbocycles. The van der Waals surface area contributed by atoms with Gasteiger partial charge in [-0.15, -0.1) is 0 Å². The van der Waals surface area contributed by atoms with Crippen LogP contribution in [0.1, 0.15) is 91.4 Å². The van der Waals surface area contributed by atoms with Crippen LogP contribution in [0.15, 0.2) is 0 Å². The molecule has 0 aliphatic heterocycles. The van der Waals surface area contributed by atoms with Gasteiger partial charge in [0.05, 0.1) is 0 Å². The molecule has 1 N–H and O–H groups in total. The smallest absolute Gasteiger partial charge is 0.303 e. The molecule has 0 aromatic rings. The molecule has 0 radical (unpaired) electrons. The van der Waals surface area contributed by atoms with Crippen LogP contribution >= 0.6 is 0 Å². The molecule has 4 rings (SSSR count).